The van der Waals surface area contributed by atoms with E-state index >= 15 is 0 Å². The first-order chi connectivity index (χ1) is 19.3. The van der Waals surface area contributed by atoms with Crippen LogP contribution in [0.3, 0.4) is 0 Å². The summed E-state index contributed by atoms with van der Waals surface area (Å²) in [4.78, 5) is 24.2. The highest BCUT2D eigenvalue weighted by Gasteiger charge is 2.31. The molecule has 0 radical (unpaired) electrons. The number of fused-ring (bicyclic) bond motifs is 1. The molecule has 7 nitrogen and oxygen atoms in total. The summed E-state index contributed by atoms with van der Waals surface area (Å²) in [5, 5.41) is 0. The van der Waals surface area contributed by atoms with Gasteiger partial charge >= 0.3 is 0 Å². The molecule has 4 aromatic rings. The van der Waals surface area contributed by atoms with Crippen LogP contribution in [0.15, 0.2) is 66.9 Å². The molecule has 2 aromatic carbocycles. The summed E-state index contributed by atoms with van der Waals surface area (Å²) in [6, 6.07) is 21.5. The maximum Gasteiger partial charge on any atom is 0.219 e. The van der Waals surface area contributed by atoms with Crippen molar-refractivity contribution < 1.29 is 14.3 Å². The fourth-order valence-corrected chi connectivity index (χ4v) is 6.06. The lowest BCUT2D eigenvalue weighted by Gasteiger charge is -2.26. The van der Waals surface area contributed by atoms with Crippen molar-refractivity contribution in [1.82, 2.24) is 19.4 Å². The second kappa shape index (κ2) is 12.4. The van der Waals surface area contributed by atoms with Gasteiger partial charge in [-0.05, 0) is 42.6 Å². The van der Waals surface area contributed by atoms with Crippen molar-refractivity contribution in [2.24, 2.45) is 0 Å². The summed E-state index contributed by atoms with van der Waals surface area (Å²) in [5.41, 5.74) is 4.86. The molecule has 2 aromatic heterocycles. The molecule has 8 heteroatoms. The van der Waals surface area contributed by atoms with Gasteiger partial charge in [0, 0.05) is 52.4 Å². The fraction of sp³-hybridized carbons (Fsp3) is 0.406. The van der Waals surface area contributed by atoms with Crippen molar-refractivity contribution in [2.75, 3.05) is 19.8 Å². The molecular weight excluding hydrogens is 516 g/mol. The van der Waals surface area contributed by atoms with E-state index in [2.05, 4.69) is 47.4 Å². The zero-order valence-corrected chi connectivity index (χ0v) is 25.1. The standard InChI is InChI=1S/C32H40N4O3Si/c1-24(37)35-17-10-14-29(35)26-21-30-28(22-31(26)39-18-15-25-11-6-5-7-12-25)34-32(27-13-8-9-16-33-27)36(30)23-38-19-20-40(2,3)4/h5-9,11-13,16,21-22,29H,10,14-15,17-20,23H2,1-4H3. The molecule has 1 aliphatic rings. The number of hydrogen-bond acceptors (Lipinski definition) is 5. The number of aromatic nitrogens is 3. The largest absolute Gasteiger partial charge is 0.493 e. The Morgan fingerprint density at radius 2 is 1.85 bits per heavy atom. The van der Waals surface area contributed by atoms with Crippen LogP contribution in [0.1, 0.15) is 36.9 Å². The Bertz CT molecular complexity index is 1430. The van der Waals surface area contributed by atoms with E-state index in [4.69, 9.17) is 14.5 Å². The smallest absolute Gasteiger partial charge is 0.219 e. The van der Waals surface area contributed by atoms with Gasteiger partial charge in [0.2, 0.25) is 5.91 Å². The average Bonchev–Trinajstić information content (AvgIpc) is 3.56. The minimum absolute atomic E-state index is 0.0249. The van der Waals surface area contributed by atoms with Crippen LogP contribution in [-0.2, 0) is 22.7 Å². The predicted octanol–water partition coefficient (Wildman–Crippen LogP) is 6.72. The number of pyridine rings is 1. The molecule has 0 saturated carbocycles. The van der Waals surface area contributed by atoms with E-state index in [0.29, 0.717) is 19.9 Å². The highest BCUT2D eigenvalue weighted by atomic mass is 28.3. The number of benzene rings is 2. The maximum atomic E-state index is 12.6. The minimum atomic E-state index is -1.22. The molecule has 1 aliphatic heterocycles. The zero-order valence-electron chi connectivity index (χ0n) is 24.1. The molecule has 1 saturated heterocycles. The Balaban J connectivity index is 1.54. The van der Waals surface area contributed by atoms with Crippen LogP contribution >= 0.6 is 0 Å². The van der Waals surface area contributed by atoms with Gasteiger partial charge in [0.1, 0.15) is 18.2 Å². The highest BCUT2D eigenvalue weighted by Crippen LogP contribution is 2.40. The summed E-state index contributed by atoms with van der Waals surface area (Å²) >= 11 is 0. The topological polar surface area (TPSA) is 69.5 Å². The van der Waals surface area contributed by atoms with Gasteiger partial charge in [-0.25, -0.2) is 4.98 Å². The number of ether oxygens (including phenoxy) is 2. The summed E-state index contributed by atoms with van der Waals surface area (Å²) < 4.78 is 14.8. The number of carbonyl (C=O) groups is 1. The molecular formula is C32H40N4O3Si. The van der Waals surface area contributed by atoms with E-state index in [0.717, 1.165) is 65.7 Å². The van der Waals surface area contributed by atoms with Crippen LogP contribution in [0.2, 0.25) is 25.7 Å². The Hall–Kier alpha value is -3.49. The number of nitrogens with zero attached hydrogens (tertiary/aromatic N) is 4. The minimum Gasteiger partial charge on any atom is -0.493 e. The molecule has 0 aliphatic carbocycles. The summed E-state index contributed by atoms with van der Waals surface area (Å²) in [7, 11) is -1.22. The van der Waals surface area contributed by atoms with E-state index in [9.17, 15) is 4.79 Å². The Morgan fingerprint density at radius 1 is 1.05 bits per heavy atom. The van der Waals surface area contributed by atoms with Gasteiger partial charge in [0.15, 0.2) is 5.82 Å². The number of hydrogen-bond donors (Lipinski definition) is 0. The van der Waals surface area contributed by atoms with Gasteiger partial charge < -0.3 is 14.4 Å². The second-order valence-electron chi connectivity index (χ2n) is 11.8. The molecule has 3 heterocycles. The van der Waals surface area contributed by atoms with Crippen LogP contribution in [-0.4, -0.2) is 53.2 Å². The van der Waals surface area contributed by atoms with Gasteiger partial charge in [-0.3, -0.25) is 14.3 Å². The fourth-order valence-electron chi connectivity index (χ4n) is 5.30. The molecule has 1 fully saturated rings. The Kier molecular flexibility index (Phi) is 8.66. The molecule has 1 amide bonds. The van der Waals surface area contributed by atoms with Crippen molar-refractivity contribution in [3.63, 3.8) is 0 Å². The van der Waals surface area contributed by atoms with Crippen LogP contribution < -0.4 is 4.74 Å². The van der Waals surface area contributed by atoms with Crippen molar-refractivity contribution in [1.29, 1.82) is 0 Å². The number of likely N-dealkylation sites (tertiary alicyclic amines) is 1. The van der Waals surface area contributed by atoms with Gasteiger partial charge in [-0.15, -0.1) is 0 Å². The van der Waals surface area contributed by atoms with Crippen molar-refractivity contribution in [2.45, 2.75) is 64.6 Å². The van der Waals surface area contributed by atoms with Gasteiger partial charge in [0.25, 0.3) is 0 Å². The quantitative estimate of drug-likeness (QED) is 0.152. The SMILES string of the molecule is CC(=O)N1CCCC1c1cc2c(cc1OCCc1ccccc1)nc(-c1ccccn1)n2COCC[Si](C)(C)C. The van der Waals surface area contributed by atoms with Crippen molar-refractivity contribution >= 4 is 25.0 Å². The molecule has 0 bridgehead atoms. The summed E-state index contributed by atoms with van der Waals surface area (Å²) in [6.45, 7) is 11.1. The van der Waals surface area contributed by atoms with Gasteiger partial charge in [-0.2, -0.15) is 0 Å². The second-order valence-corrected chi connectivity index (χ2v) is 17.4. The van der Waals surface area contributed by atoms with E-state index in [1.54, 1.807) is 13.1 Å². The van der Waals surface area contributed by atoms with E-state index in [-0.39, 0.29) is 11.9 Å². The normalized spacial score (nSPS) is 15.6. The lowest BCUT2D eigenvalue weighted by Crippen LogP contribution is -2.28. The third kappa shape index (κ3) is 6.62. The van der Waals surface area contributed by atoms with Crippen molar-refractivity contribution in [3.05, 3.63) is 78.0 Å². The third-order valence-electron chi connectivity index (χ3n) is 7.50. The average molecular weight is 557 g/mol. The van der Waals surface area contributed by atoms with Crippen LogP contribution in [0.5, 0.6) is 5.75 Å². The number of imidazole rings is 1. The molecule has 0 spiro atoms. The van der Waals surface area contributed by atoms with Crippen molar-refractivity contribution in [3.8, 4) is 17.3 Å². The Labute approximate surface area is 238 Å². The van der Waals surface area contributed by atoms with Gasteiger partial charge in [-0.1, -0.05) is 56.0 Å². The lowest BCUT2D eigenvalue weighted by molar-refractivity contribution is -0.129. The molecule has 1 unspecified atom stereocenters. The van der Waals surface area contributed by atoms with E-state index in [1.165, 1.54) is 5.56 Å². The summed E-state index contributed by atoms with van der Waals surface area (Å²) in [6.07, 6.45) is 4.48. The predicted molar refractivity (Wildman–Crippen MR) is 162 cm³/mol. The first-order valence-electron chi connectivity index (χ1n) is 14.3. The molecule has 1 atom stereocenters. The zero-order chi connectivity index (χ0) is 28.1. The monoisotopic (exact) mass is 556 g/mol. The Morgan fingerprint density at radius 3 is 2.58 bits per heavy atom. The van der Waals surface area contributed by atoms with E-state index < -0.39 is 8.07 Å². The van der Waals surface area contributed by atoms with Crippen LogP contribution in [0, 0.1) is 0 Å². The number of rotatable bonds is 11. The third-order valence-corrected chi connectivity index (χ3v) is 9.20. The highest BCUT2D eigenvalue weighted by molar-refractivity contribution is 6.76. The van der Waals surface area contributed by atoms with E-state index in [1.807, 2.05) is 47.4 Å². The number of carbonyl (C=O) groups excluding carboxylic acids is 1. The molecule has 0 N–H and O–H groups in total. The molecule has 210 valence electrons. The summed E-state index contributed by atoms with van der Waals surface area (Å²) in [5.74, 6) is 1.65. The number of amides is 1. The van der Waals surface area contributed by atoms with Crippen LogP contribution in [0.25, 0.3) is 22.6 Å². The van der Waals surface area contributed by atoms with Crippen LogP contribution in [0.4, 0.5) is 0 Å². The van der Waals surface area contributed by atoms with Gasteiger partial charge in [0.05, 0.1) is 23.7 Å². The molecule has 5 rings (SSSR count). The molecule has 40 heavy (non-hydrogen) atoms. The lowest BCUT2D eigenvalue weighted by atomic mass is 10.0. The first-order valence-corrected chi connectivity index (χ1v) is 18.0. The first kappa shape index (κ1) is 28.1. The maximum absolute atomic E-state index is 12.6.